The Morgan fingerprint density at radius 2 is 0.830 bits per heavy atom. The molecule has 0 unspecified atom stereocenters. The van der Waals surface area contributed by atoms with E-state index < -0.39 is 0 Å². The van der Waals surface area contributed by atoms with Crippen LogP contribution < -0.4 is 4.90 Å². The number of hydrogen-bond donors (Lipinski definition) is 0. The summed E-state index contributed by atoms with van der Waals surface area (Å²) >= 11 is 3.05. The number of allylic oxidation sites excluding steroid dienone is 2. The van der Waals surface area contributed by atoms with Crippen LogP contribution >= 0.6 is 22.7 Å². The van der Waals surface area contributed by atoms with Crippen LogP contribution in [0.1, 0.15) is 9.75 Å². The fraction of sp³-hybridized carbons (Fsp3) is 0. The van der Waals surface area contributed by atoms with Gasteiger partial charge in [-0.2, -0.15) is 21.0 Å². The third-order valence-corrected chi connectivity index (χ3v) is 9.43. The smallest absolute Gasteiger partial charge is 0.131 e. The molecule has 0 amide bonds. The minimum Gasteiger partial charge on any atom is -0.311 e. The zero-order valence-electron chi connectivity index (χ0n) is 24.7. The van der Waals surface area contributed by atoms with E-state index in [-0.39, 0.29) is 11.1 Å². The molecule has 0 saturated heterocycles. The van der Waals surface area contributed by atoms with E-state index in [0.29, 0.717) is 0 Å². The summed E-state index contributed by atoms with van der Waals surface area (Å²) in [5, 5.41) is 36.4. The molecule has 0 aliphatic heterocycles. The summed E-state index contributed by atoms with van der Waals surface area (Å²) in [6.45, 7) is 0. The second-order valence-corrected chi connectivity index (χ2v) is 12.4. The molecule has 3 aromatic heterocycles. The van der Waals surface area contributed by atoms with Crippen LogP contribution in [-0.2, 0) is 0 Å². The van der Waals surface area contributed by atoms with Gasteiger partial charge < -0.3 is 4.90 Å². The molecule has 8 heteroatoms. The maximum absolute atomic E-state index is 9.11. The number of thiophene rings is 2. The van der Waals surface area contributed by atoms with Crippen LogP contribution in [0.15, 0.2) is 133 Å². The second-order valence-electron chi connectivity index (χ2n) is 10.2. The number of pyridine rings is 1. The zero-order chi connectivity index (χ0) is 32.6. The Labute approximate surface area is 280 Å². The van der Waals surface area contributed by atoms with E-state index >= 15 is 0 Å². The van der Waals surface area contributed by atoms with Gasteiger partial charge in [-0.15, -0.1) is 22.7 Å². The number of hydrogen-bond acceptors (Lipinski definition) is 8. The first-order valence-electron chi connectivity index (χ1n) is 14.3. The van der Waals surface area contributed by atoms with Crippen LogP contribution in [0.4, 0.5) is 17.1 Å². The number of nitriles is 4. The average molecular weight is 639 g/mol. The molecule has 3 heterocycles. The van der Waals surface area contributed by atoms with Crippen molar-refractivity contribution in [3.05, 3.63) is 142 Å². The molecule has 0 fully saturated rings. The summed E-state index contributed by atoms with van der Waals surface area (Å²) in [4.78, 5) is 10.1. The molecule has 0 saturated carbocycles. The van der Waals surface area contributed by atoms with Gasteiger partial charge in [0.15, 0.2) is 0 Å². The number of anilines is 3. The third-order valence-electron chi connectivity index (χ3n) is 7.27. The van der Waals surface area contributed by atoms with Crippen molar-refractivity contribution in [2.45, 2.75) is 0 Å². The lowest BCUT2D eigenvalue weighted by molar-refractivity contribution is 1.28. The lowest BCUT2D eigenvalue weighted by atomic mass is 10.1. The van der Waals surface area contributed by atoms with E-state index in [9.17, 15) is 0 Å². The van der Waals surface area contributed by atoms with Gasteiger partial charge in [0.2, 0.25) is 0 Å². The van der Waals surface area contributed by atoms with Gasteiger partial charge in [0.25, 0.3) is 0 Å². The van der Waals surface area contributed by atoms with Crippen molar-refractivity contribution in [2.75, 3.05) is 4.90 Å². The summed E-state index contributed by atoms with van der Waals surface area (Å²) in [7, 11) is 0. The molecule has 3 aromatic carbocycles. The van der Waals surface area contributed by atoms with E-state index in [1.54, 1.807) is 24.5 Å². The first kappa shape index (κ1) is 30.5. The first-order valence-corrected chi connectivity index (χ1v) is 16.0. The van der Waals surface area contributed by atoms with Crippen molar-refractivity contribution in [3.8, 4) is 56.3 Å². The average Bonchev–Trinajstić information content (AvgIpc) is 3.81. The van der Waals surface area contributed by atoms with Gasteiger partial charge in [-0.25, -0.2) is 0 Å². The van der Waals surface area contributed by atoms with Crippen molar-refractivity contribution < 1.29 is 0 Å². The van der Waals surface area contributed by atoms with Crippen LogP contribution in [0, 0.1) is 45.3 Å². The van der Waals surface area contributed by atoms with E-state index in [1.807, 2.05) is 60.7 Å². The summed E-state index contributed by atoms with van der Waals surface area (Å²) in [5.41, 5.74) is 7.38. The zero-order valence-corrected chi connectivity index (χ0v) is 26.3. The van der Waals surface area contributed by atoms with Gasteiger partial charge in [-0.3, -0.25) is 4.98 Å². The molecule has 0 spiro atoms. The summed E-state index contributed by atoms with van der Waals surface area (Å²) in [6, 6.07) is 44.6. The van der Waals surface area contributed by atoms with Gasteiger partial charge in [0.1, 0.15) is 35.4 Å². The van der Waals surface area contributed by atoms with Crippen molar-refractivity contribution in [3.63, 3.8) is 0 Å². The number of rotatable bonds is 8. The lowest BCUT2D eigenvalue weighted by Gasteiger charge is -2.26. The highest BCUT2D eigenvalue weighted by Gasteiger charge is 2.14. The fourth-order valence-electron chi connectivity index (χ4n) is 4.98. The molecule has 0 aliphatic carbocycles. The first-order chi connectivity index (χ1) is 23.1. The van der Waals surface area contributed by atoms with Crippen LogP contribution in [0.2, 0.25) is 0 Å². The summed E-state index contributed by atoms with van der Waals surface area (Å²) in [5.74, 6) is 0. The molecule has 0 aliphatic rings. The molecule has 0 atom stereocenters. The predicted molar refractivity (Wildman–Crippen MR) is 189 cm³/mol. The number of aromatic nitrogens is 1. The minimum absolute atomic E-state index is 0.0776. The van der Waals surface area contributed by atoms with Gasteiger partial charge >= 0.3 is 0 Å². The topological polar surface area (TPSA) is 111 Å². The van der Waals surface area contributed by atoms with E-state index in [4.69, 9.17) is 21.0 Å². The maximum Gasteiger partial charge on any atom is 0.131 e. The standard InChI is InChI=1S/C39H22N6S2/c40-23-27(24-41)21-36-13-15-38(46-36)31-3-9-34(10-4-31)45(33-7-1-29(2-8-33)30-17-19-44-20-18-30)35-11-5-32(6-12-35)39-16-14-37(47-39)22-28(25-42)26-43/h1-22H. The van der Waals surface area contributed by atoms with Crippen LogP contribution in [0.25, 0.3) is 44.2 Å². The van der Waals surface area contributed by atoms with Crippen LogP contribution in [-0.4, -0.2) is 4.98 Å². The molecule has 6 aromatic rings. The van der Waals surface area contributed by atoms with Crippen molar-refractivity contribution in [2.24, 2.45) is 0 Å². The quantitative estimate of drug-likeness (QED) is 0.153. The van der Waals surface area contributed by atoms with Gasteiger partial charge in [0.05, 0.1) is 0 Å². The predicted octanol–water partition coefficient (Wildman–Crippen LogP) is 10.5. The Morgan fingerprint density at radius 1 is 0.468 bits per heavy atom. The Hall–Kier alpha value is -6.55. The van der Waals surface area contributed by atoms with E-state index in [2.05, 4.69) is 82.7 Å². The molecule has 220 valence electrons. The van der Waals surface area contributed by atoms with E-state index in [0.717, 1.165) is 58.8 Å². The monoisotopic (exact) mass is 638 g/mol. The van der Waals surface area contributed by atoms with Crippen molar-refractivity contribution >= 4 is 51.9 Å². The second kappa shape index (κ2) is 14.0. The SMILES string of the molecule is N#CC(C#N)=Cc1ccc(-c2ccc(N(c3ccc(-c4ccncc4)cc3)c3ccc(-c4ccc(C=C(C#N)C#N)s4)cc3)cc2)s1. The third kappa shape index (κ3) is 6.91. The Balaban J connectivity index is 1.34. The maximum atomic E-state index is 9.11. The van der Waals surface area contributed by atoms with Crippen LogP contribution in [0.5, 0.6) is 0 Å². The highest BCUT2D eigenvalue weighted by atomic mass is 32.1. The summed E-state index contributed by atoms with van der Waals surface area (Å²) in [6.07, 6.45) is 6.78. The highest BCUT2D eigenvalue weighted by Crippen LogP contribution is 2.39. The Morgan fingerprint density at radius 3 is 1.21 bits per heavy atom. The molecule has 0 bridgehead atoms. The van der Waals surface area contributed by atoms with Gasteiger partial charge in [-0.1, -0.05) is 36.4 Å². The Bertz CT molecular complexity index is 2110. The molecule has 0 radical (unpaired) electrons. The Kier molecular flexibility index (Phi) is 9.10. The van der Waals surface area contributed by atoms with Gasteiger partial charge in [-0.05, 0) is 107 Å². The summed E-state index contributed by atoms with van der Waals surface area (Å²) < 4.78 is 0. The van der Waals surface area contributed by atoms with Crippen molar-refractivity contribution in [1.29, 1.82) is 21.0 Å². The molecule has 6 nitrogen and oxygen atoms in total. The largest absolute Gasteiger partial charge is 0.311 e. The highest BCUT2D eigenvalue weighted by molar-refractivity contribution is 7.16. The molecule has 6 rings (SSSR count). The molecular formula is C39H22N6S2. The minimum atomic E-state index is 0.0776. The molecule has 47 heavy (non-hydrogen) atoms. The molecular weight excluding hydrogens is 617 g/mol. The van der Waals surface area contributed by atoms with Gasteiger partial charge in [0, 0.05) is 49.0 Å². The lowest BCUT2D eigenvalue weighted by Crippen LogP contribution is -2.09. The van der Waals surface area contributed by atoms with E-state index in [1.165, 1.54) is 22.7 Å². The fourth-order valence-corrected chi connectivity index (χ4v) is 6.89. The number of nitrogens with zero attached hydrogens (tertiary/aromatic N) is 6. The number of benzene rings is 3. The normalized spacial score (nSPS) is 10.0. The molecule has 0 N–H and O–H groups in total. The van der Waals surface area contributed by atoms with Crippen molar-refractivity contribution in [1.82, 2.24) is 4.98 Å². The van der Waals surface area contributed by atoms with Crippen LogP contribution in [0.3, 0.4) is 0 Å².